The van der Waals surface area contributed by atoms with Gasteiger partial charge < -0.3 is 15.4 Å². The number of ether oxygens (including phenoxy) is 1. The molecule has 0 radical (unpaired) electrons. The number of carbonyl (C=O) groups excluding carboxylic acids is 1. The van der Waals surface area contributed by atoms with Crippen LogP contribution in [0.1, 0.15) is 29.6 Å². The molecule has 1 aromatic rings. The fourth-order valence-corrected chi connectivity index (χ4v) is 4.06. The first-order valence-electron chi connectivity index (χ1n) is 9.33. The molecular weight excluding hydrogens is 366 g/mol. The molecule has 1 unspecified atom stereocenters. The summed E-state index contributed by atoms with van der Waals surface area (Å²) in [6.45, 7) is 4.43. The highest BCUT2D eigenvalue weighted by Gasteiger charge is 2.34. The van der Waals surface area contributed by atoms with Gasteiger partial charge in [0.05, 0.1) is 19.3 Å². The molecule has 0 aliphatic carbocycles. The van der Waals surface area contributed by atoms with Crippen molar-refractivity contribution in [1.82, 2.24) is 20.5 Å². The van der Waals surface area contributed by atoms with Crippen molar-refractivity contribution in [3.8, 4) is 0 Å². The third-order valence-electron chi connectivity index (χ3n) is 5.38. The molecule has 3 aliphatic rings. The van der Waals surface area contributed by atoms with Gasteiger partial charge in [-0.15, -0.1) is 0 Å². The average Bonchev–Trinajstić information content (AvgIpc) is 2.66. The van der Waals surface area contributed by atoms with Gasteiger partial charge in [-0.25, -0.2) is 4.98 Å². The Hall–Kier alpha value is -1.80. The molecule has 2 fully saturated rings. The van der Waals surface area contributed by atoms with Crippen molar-refractivity contribution in [2.75, 3.05) is 39.9 Å². The van der Waals surface area contributed by atoms with E-state index in [0.29, 0.717) is 23.3 Å². The van der Waals surface area contributed by atoms with E-state index in [1.54, 1.807) is 13.3 Å². The third-order valence-corrected chi connectivity index (χ3v) is 5.58. The maximum absolute atomic E-state index is 11.9. The van der Waals surface area contributed by atoms with Crippen LogP contribution in [0.25, 0.3) is 0 Å². The molecule has 0 spiro atoms. The van der Waals surface area contributed by atoms with Crippen molar-refractivity contribution in [2.45, 2.75) is 24.4 Å². The Balaban J connectivity index is 1.62. The van der Waals surface area contributed by atoms with E-state index in [1.165, 1.54) is 0 Å². The molecule has 7 nitrogen and oxygen atoms in total. The predicted molar refractivity (Wildman–Crippen MR) is 104 cm³/mol. The molecule has 0 aromatic carbocycles. The van der Waals surface area contributed by atoms with E-state index in [4.69, 9.17) is 16.3 Å². The van der Waals surface area contributed by atoms with Gasteiger partial charge in [0.15, 0.2) is 0 Å². The van der Waals surface area contributed by atoms with E-state index in [9.17, 15) is 4.79 Å². The summed E-state index contributed by atoms with van der Waals surface area (Å²) >= 11 is 6.38. The van der Waals surface area contributed by atoms with Crippen molar-refractivity contribution in [3.05, 3.63) is 40.3 Å². The highest BCUT2D eigenvalue weighted by molar-refractivity contribution is 6.29. The van der Waals surface area contributed by atoms with Crippen molar-refractivity contribution in [2.24, 2.45) is 4.99 Å². The molecule has 1 amide bonds. The zero-order chi connectivity index (χ0) is 18.8. The lowest BCUT2D eigenvalue weighted by molar-refractivity contribution is -0.117. The first kappa shape index (κ1) is 18.6. The van der Waals surface area contributed by atoms with Gasteiger partial charge in [0.1, 0.15) is 10.9 Å². The zero-order valence-corrected chi connectivity index (χ0v) is 16.1. The second kappa shape index (κ2) is 8.06. The van der Waals surface area contributed by atoms with E-state index in [-0.39, 0.29) is 17.9 Å². The molecule has 3 aliphatic heterocycles. The number of rotatable bonds is 4. The standard InChI is InChI=1S/C19H24ClN5O2/c1-21-19(26)16-6-12(2-3-23-16)15-7-13(8-18(20)24-15)17-9-22-4-5-25(17)14-10-27-11-14/h3,6-8,12,14,17,22H,2,4-5,9-11H2,1H3,(H,21,26)/t12?,17-/m1/s1. The minimum Gasteiger partial charge on any atom is -0.378 e. The number of aliphatic imine (C=N–C) groups is 1. The van der Waals surface area contributed by atoms with Crippen molar-refractivity contribution < 1.29 is 9.53 Å². The molecule has 0 bridgehead atoms. The van der Waals surface area contributed by atoms with Crippen LogP contribution in [0.2, 0.25) is 5.15 Å². The largest absolute Gasteiger partial charge is 0.378 e. The Labute approximate surface area is 163 Å². The van der Waals surface area contributed by atoms with Crippen LogP contribution in [0.5, 0.6) is 0 Å². The number of allylic oxidation sites excluding steroid dienone is 1. The number of aromatic nitrogens is 1. The first-order chi connectivity index (χ1) is 13.2. The molecule has 2 saturated heterocycles. The number of hydrogen-bond donors (Lipinski definition) is 2. The summed E-state index contributed by atoms with van der Waals surface area (Å²) in [5.74, 6) is -0.199. The number of amides is 1. The van der Waals surface area contributed by atoms with Gasteiger partial charge in [-0.2, -0.15) is 0 Å². The van der Waals surface area contributed by atoms with Crippen LogP contribution in [-0.2, 0) is 9.53 Å². The molecule has 27 heavy (non-hydrogen) atoms. The Morgan fingerprint density at radius 3 is 3.00 bits per heavy atom. The lowest BCUT2D eigenvalue weighted by atomic mass is 9.94. The zero-order valence-electron chi connectivity index (χ0n) is 15.3. The fraction of sp³-hybridized carbons (Fsp3) is 0.526. The smallest absolute Gasteiger partial charge is 0.269 e. The summed E-state index contributed by atoms with van der Waals surface area (Å²) < 4.78 is 5.40. The van der Waals surface area contributed by atoms with Gasteiger partial charge in [-0.1, -0.05) is 11.6 Å². The van der Waals surface area contributed by atoms with Crippen molar-refractivity contribution >= 4 is 23.7 Å². The molecule has 0 saturated carbocycles. The maximum atomic E-state index is 11.9. The van der Waals surface area contributed by atoms with Crippen LogP contribution in [0.4, 0.5) is 0 Å². The fourth-order valence-electron chi connectivity index (χ4n) is 3.84. The topological polar surface area (TPSA) is 78.9 Å². The number of piperazine rings is 1. The van der Waals surface area contributed by atoms with E-state index < -0.39 is 0 Å². The number of nitrogens with one attached hydrogen (secondary N) is 2. The van der Waals surface area contributed by atoms with Crippen LogP contribution < -0.4 is 10.6 Å². The molecular formula is C19H24ClN5O2. The normalized spacial score (nSPS) is 26.4. The summed E-state index contributed by atoms with van der Waals surface area (Å²) in [4.78, 5) is 23.2. The molecule has 4 rings (SSSR count). The number of halogens is 1. The molecule has 2 N–H and O–H groups in total. The minimum absolute atomic E-state index is 0.00992. The van der Waals surface area contributed by atoms with E-state index >= 15 is 0 Å². The highest BCUT2D eigenvalue weighted by Crippen LogP contribution is 2.32. The van der Waals surface area contributed by atoms with E-state index in [0.717, 1.165) is 44.1 Å². The van der Waals surface area contributed by atoms with Gasteiger partial charge >= 0.3 is 0 Å². The summed E-state index contributed by atoms with van der Waals surface area (Å²) in [7, 11) is 1.60. The monoisotopic (exact) mass is 389 g/mol. The lowest BCUT2D eigenvalue weighted by Gasteiger charge is -2.45. The van der Waals surface area contributed by atoms with Crippen LogP contribution in [-0.4, -0.2) is 67.9 Å². The summed E-state index contributed by atoms with van der Waals surface area (Å²) in [5, 5.41) is 6.58. The van der Waals surface area contributed by atoms with E-state index in [1.807, 2.05) is 12.1 Å². The number of nitrogens with zero attached hydrogens (tertiary/aromatic N) is 3. The first-order valence-corrected chi connectivity index (χ1v) is 9.71. The Morgan fingerprint density at radius 2 is 2.26 bits per heavy atom. The van der Waals surface area contributed by atoms with Gasteiger partial charge in [0.2, 0.25) is 0 Å². The van der Waals surface area contributed by atoms with Gasteiger partial charge in [0.25, 0.3) is 5.91 Å². The Kier molecular flexibility index (Phi) is 5.54. The number of pyridine rings is 1. The lowest BCUT2D eigenvalue weighted by Crippen LogP contribution is -2.57. The molecule has 2 atom stereocenters. The average molecular weight is 390 g/mol. The second-order valence-electron chi connectivity index (χ2n) is 7.08. The van der Waals surface area contributed by atoms with Crippen LogP contribution in [0.3, 0.4) is 0 Å². The maximum Gasteiger partial charge on any atom is 0.269 e. The van der Waals surface area contributed by atoms with E-state index in [2.05, 4.69) is 31.6 Å². The van der Waals surface area contributed by atoms with Crippen LogP contribution in [0.15, 0.2) is 28.9 Å². The Morgan fingerprint density at radius 1 is 1.41 bits per heavy atom. The van der Waals surface area contributed by atoms with Crippen LogP contribution >= 0.6 is 11.6 Å². The van der Waals surface area contributed by atoms with Gasteiger partial charge in [0, 0.05) is 50.6 Å². The Bertz CT molecular complexity index is 777. The summed E-state index contributed by atoms with van der Waals surface area (Å²) in [6.07, 6.45) is 4.35. The van der Waals surface area contributed by atoms with Gasteiger partial charge in [-0.3, -0.25) is 14.7 Å². The molecule has 8 heteroatoms. The van der Waals surface area contributed by atoms with Crippen LogP contribution in [0, 0.1) is 0 Å². The third kappa shape index (κ3) is 3.91. The predicted octanol–water partition coefficient (Wildman–Crippen LogP) is 1.27. The number of likely N-dealkylation sites (N-methyl/N-ethyl adjacent to an activating group) is 1. The summed E-state index contributed by atoms with van der Waals surface area (Å²) in [6, 6.07) is 4.79. The molecule has 4 heterocycles. The quantitative estimate of drug-likeness (QED) is 0.758. The van der Waals surface area contributed by atoms with Gasteiger partial charge in [-0.05, 0) is 30.2 Å². The molecule has 144 valence electrons. The SMILES string of the molecule is CNC(=O)C1=CC(c2cc([C@H]3CNCCN3C3COC3)cc(Cl)n2)CC=N1. The summed E-state index contributed by atoms with van der Waals surface area (Å²) in [5.41, 5.74) is 2.45. The number of carbonyl (C=O) groups is 1. The minimum atomic E-state index is -0.189. The van der Waals surface area contributed by atoms with Crippen molar-refractivity contribution in [3.63, 3.8) is 0 Å². The second-order valence-corrected chi connectivity index (χ2v) is 7.47. The highest BCUT2D eigenvalue weighted by atomic mass is 35.5. The number of hydrogen-bond acceptors (Lipinski definition) is 6. The van der Waals surface area contributed by atoms with Crippen molar-refractivity contribution in [1.29, 1.82) is 0 Å². The molecule has 1 aromatic heterocycles.